The predicted molar refractivity (Wildman–Crippen MR) is 76.5 cm³/mol. The molecule has 0 aliphatic rings. The molecule has 1 aromatic rings. The number of nitrogens with two attached hydrogens (primary N) is 1. The zero-order valence-electron chi connectivity index (χ0n) is 11.5. The van der Waals surface area contributed by atoms with Crippen LogP contribution in [0.15, 0.2) is 18.2 Å². The number of nitrogen functional groups attached to an aromatic ring is 1. The van der Waals surface area contributed by atoms with Gasteiger partial charge in [0.15, 0.2) is 0 Å². The number of hydrogen-bond donors (Lipinski definition) is 2. The molecular weight excluding hydrogens is 210 g/mol. The number of rotatable bonds is 6. The molecule has 17 heavy (non-hydrogen) atoms. The maximum atomic E-state index is 5.92. The van der Waals surface area contributed by atoms with Gasteiger partial charge in [0.2, 0.25) is 0 Å². The zero-order valence-corrected chi connectivity index (χ0v) is 11.5. The minimum absolute atomic E-state index is 0.631. The second kappa shape index (κ2) is 6.50. The van der Waals surface area contributed by atoms with Gasteiger partial charge >= 0.3 is 0 Å². The van der Waals surface area contributed by atoms with Crippen LogP contribution in [0.25, 0.3) is 0 Å². The highest BCUT2D eigenvalue weighted by molar-refractivity contribution is 5.66. The molecule has 3 nitrogen and oxygen atoms in total. The topological polar surface area (TPSA) is 41.3 Å². The number of nitrogens with zero attached hydrogens (tertiary/aromatic N) is 1. The Bertz CT molecular complexity index is 349. The number of benzene rings is 1. The predicted octanol–water partition coefficient (Wildman–Crippen LogP) is 2.72. The van der Waals surface area contributed by atoms with Crippen LogP contribution < -0.4 is 11.1 Å². The maximum Gasteiger partial charge on any atom is 0.0577 e. The number of likely N-dealkylation sites (N-methyl/N-ethyl adjacent to an activating group) is 1. The van der Waals surface area contributed by atoms with E-state index in [1.54, 1.807) is 0 Å². The summed E-state index contributed by atoms with van der Waals surface area (Å²) in [5.74, 6) is 0. The summed E-state index contributed by atoms with van der Waals surface area (Å²) in [5, 5.41) is 3.40. The summed E-state index contributed by atoms with van der Waals surface area (Å²) >= 11 is 0. The van der Waals surface area contributed by atoms with Gasteiger partial charge in [-0.2, -0.15) is 0 Å². The van der Waals surface area contributed by atoms with E-state index in [1.807, 2.05) is 12.1 Å². The second-order valence-corrected chi connectivity index (χ2v) is 4.76. The summed E-state index contributed by atoms with van der Waals surface area (Å²) in [6.45, 7) is 8.50. The van der Waals surface area contributed by atoms with Crippen molar-refractivity contribution in [2.45, 2.75) is 33.2 Å². The van der Waals surface area contributed by atoms with E-state index in [-0.39, 0.29) is 0 Å². The van der Waals surface area contributed by atoms with Crippen molar-refractivity contribution < 1.29 is 0 Å². The molecule has 0 aromatic heterocycles. The van der Waals surface area contributed by atoms with Crippen LogP contribution in [-0.4, -0.2) is 31.1 Å². The van der Waals surface area contributed by atoms with Crippen molar-refractivity contribution in [2.75, 3.05) is 31.2 Å². The van der Waals surface area contributed by atoms with E-state index in [9.17, 15) is 0 Å². The Labute approximate surface area is 105 Å². The third-order valence-electron chi connectivity index (χ3n) is 3.33. The standard InChI is InChI=1S/C14H25N3/c1-5-12(3)17(4)9-8-16-14-10-11(2)6-7-13(14)15/h6-7,10,12,16H,5,8-9,15H2,1-4H3. The Balaban J connectivity index is 2.43. The molecule has 0 heterocycles. The van der Waals surface area contributed by atoms with E-state index in [0.717, 1.165) is 24.5 Å². The molecule has 0 aliphatic heterocycles. The number of aryl methyl sites for hydroxylation is 1. The van der Waals surface area contributed by atoms with Gasteiger partial charge in [0.25, 0.3) is 0 Å². The zero-order chi connectivity index (χ0) is 12.8. The Morgan fingerprint density at radius 3 is 2.76 bits per heavy atom. The first kappa shape index (κ1) is 13.8. The summed E-state index contributed by atoms with van der Waals surface area (Å²) < 4.78 is 0. The number of nitrogens with one attached hydrogen (secondary N) is 1. The largest absolute Gasteiger partial charge is 0.397 e. The molecular formula is C14H25N3. The first-order chi connectivity index (χ1) is 8.04. The van der Waals surface area contributed by atoms with Crippen LogP contribution in [0.1, 0.15) is 25.8 Å². The highest BCUT2D eigenvalue weighted by Crippen LogP contribution is 2.19. The normalized spacial score (nSPS) is 12.8. The summed E-state index contributed by atoms with van der Waals surface area (Å²) in [6.07, 6.45) is 1.18. The minimum atomic E-state index is 0.631. The van der Waals surface area contributed by atoms with Crippen molar-refractivity contribution in [1.82, 2.24) is 4.90 Å². The Morgan fingerprint density at radius 1 is 1.41 bits per heavy atom. The lowest BCUT2D eigenvalue weighted by atomic mass is 10.2. The molecule has 0 saturated carbocycles. The molecule has 1 unspecified atom stereocenters. The van der Waals surface area contributed by atoms with Gasteiger partial charge in [-0.3, -0.25) is 0 Å². The van der Waals surface area contributed by atoms with Gasteiger partial charge in [-0.25, -0.2) is 0 Å². The van der Waals surface area contributed by atoms with Gasteiger partial charge in [0, 0.05) is 19.1 Å². The first-order valence-electron chi connectivity index (χ1n) is 6.34. The van der Waals surface area contributed by atoms with E-state index in [4.69, 9.17) is 5.73 Å². The molecule has 96 valence electrons. The van der Waals surface area contributed by atoms with Crippen molar-refractivity contribution in [2.24, 2.45) is 0 Å². The lowest BCUT2D eigenvalue weighted by Crippen LogP contribution is -2.32. The van der Waals surface area contributed by atoms with E-state index in [2.05, 4.69) is 44.1 Å². The average Bonchev–Trinajstić information content (AvgIpc) is 2.32. The molecule has 0 fully saturated rings. The molecule has 1 rings (SSSR count). The Morgan fingerprint density at radius 2 is 2.12 bits per heavy atom. The van der Waals surface area contributed by atoms with Crippen molar-refractivity contribution in [3.05, 3.63) is 23.8 Å². The summed E-state index contributed by atoms with van der Waals surface area (Å²) in [6, 6.07) is 6.71. The lowest BCUT2D eigenvalue weighted by Gasteiger charge is -2.23. The van der Waals surface area contributed by atoms with Crippen molar-refractivity contribution in [3.8, 4) is 0 Å². The van der Waals surface area contributed by atoms with Crippen LogP contribution >= 0.6 is 0 Å². The molecule has 0 aliphatic carbocycles. The lowest BCUT2D eigenvalue weighted by molar-refractivity contribution is 0.261. The van der Waals surface area contributed by atoms with Gasteiger partial charge in [-0.05, 0) is 45.0 Å². The number of hydrogen-bond acceptors (Lipinski definition) is 3. The summed E-state index contributed by atoms with van der Waals surface area (Å²) in [4.78, 5) is 2.36. The van der Waals surface area contributed by atoms with Crippen LogP contribution in [0.4, 0.5) is 11.4 Å². The Hall–Kier alpha value is -1.22. The van der Waals surface area contributed by atoms with Gasteiger partial charge in [-0.1, -0.05) is 13.0 Å². The summed E-state index contributed by atoms with van der Waals surface area (Å²) in [7, 11) is 2.16. The van der Waals surface area contributed by atoms with Gasteiger partial charge in [0.05, 0.1) is 11.4 Å². The van der Waals surface area contributed by atoms with Crippen molar-refractivity contribution in [1.29, 1.82) is 0 Å². The van der Waals surface area contributed by atoms with E-state index in [0.29, 0.717) is 6.04 Å². The average molecular weight is 235 g/mol. The highest BCUT2D eigenvalue weighted by atomic mass is 15.1. The van der Waals surface area contributed by atoms with Crippen LogP contribution in [-0.2, 0) is 0 Å². The van der Waals surface area contributed by atoms with E-state index >= 15 is 0 Å². The fraction of sp³-hybridized carbons (Fsp3) is 0.571. The summed E-state index contributed by atoms with van der Waals surface area (Å²) in [5.41, 5.74) is 9.01. The maximum absolute atomic E-state index is 5.92. The molecule has 3 heteroatoms. The highest BCUT2D eigenvalue weighted by Gasteiger charge is 2.06. The molecule has 0 radical (unpaired) electrons. The number of anilines is 2. The SMILES string of the molecule is CCC(C)N(C)CCNc1cc(C)ccc1N. The quantitative estimate of drug-likeness (QED) is 0.745. The molecule has 1 atom stereocenters. The minimum Gasteiger partial charge on any atom is -0.397 e. The molecule has 0 bridgehead atoms. The van der Waals surface area contributed by atoms with Crippen LogP contribution in [0.2, 0.25) is 0 Å². The van der Waals surface area contributed by atoms with E-state index in [1.165, 1.54) is 12.0 Å². The van der Waals surface area contributed by atoms with Crippen molar-refractivity contribution in [3.63, 3.8) is 0 Å². The monoisotopic (exact) mass is 235 g/mol. The molecule has 3 N–H and O–H groups in total. The molecule has 0 saturated heterocycles. The Kier molecular flexibility index (Phi) is 5.29. The molecule has 0 amide bonds. The van der Waals surface area contributed by atoms with Crippen LogP contribution in [0.5, 0.6) is 0 Å². The third kappa shape index (κ3) is 4.27. The molecule has 1 aromatic carbocycles. The second-order valence-electron chi connectivity index (χ2n) is 4.76. The fourth-order valence-electron chi connectivity index (χ4n) is 1.72. The fourth-order valence-corrected chi connectivity index (χ4v) is 1.72. The van der Waals surface area contributed by atoms with Crippen molar-refractivity contribution >= 4 is 11.4 Å². The first-order valence-corrected chi connectivity index (χ1v) is 6.34. The van der Waals surface area contributed by atoms with Crippen LogP contribution in [0, 0.1) is 6.92 Å². The van der Waals surface area contributed by atoms with Gasteiger partial charge in [-0.15, -0.1) is 0 Å². The smallest absolute Gasteiger partial charge is 0.0577 e. The van der Waals surface area contributed by atoms with Gasteiger partial charge < -0.3 is 16.0 Å². The van der Waals surface area contributed by atoms with E-state index < -0.39 is 0 Å². The van der Waals surface area contributed by atoms with Crippen LogP contribution in [0.3, 0.4) is 0 Å². The van der Waals surface area contributed by atoms with Gasteiger partial charge in [0.1, 0.15) is 0 Å². The molecule has 0 spiro atoms. The third-order valence-corrected chi connectivity index (χ3v) is 3.33.